The van der Waals surface area contributed by atoms with Gasteiger partial charge in [-0.1, -0.05) is 20.3 Å². The summed E-state index contributed by atoms with van der Waals surface area (Å²) in [4.78, 5) is 71.4. The van der Waals surface area contributed by atoms with Gasteiger partial charge in [-0.05, 0) is 18.8 Å². The number of aliphatic carboxylic acids is 1. The maximum absolute atomic E-state index is 12.9. The SMILES string of the molecule is CCC(C)C(NC(=O)C(CCC(N)=O)NC(=O)C(N)CS)C(=O)NC(CCC(N)=O)C(=O)O. The molecule has 0 aliphatic heterocycles. The minimum Gasteiger partial charge on any atom is -0.480 e. The minimum atomic E-state index is -1.40. The van der Waals surface area contributed by atoms with E-state index in [2.05, 4.69) is 28.6 Å². The second-order valence-electron chi connectivity index (χ2n) is 7.63. The van der Waals surface area contributed by atoms with Crippen LogP contribution < -0.4 is 33.2 Å². The zero-order valence-electron chi connectivity index (χ0n) is 18.7. The van der Waals surface area contributed by atoms with Gasteiger partial charge in [0.1, 0.15) is 18.1 Å². The summed E-state index contributed by atoms with van der Waals surface area (Å²) in [6, 6.07) is -4.79. The van der Waals surface area contributed by atoms with Crippen LogP contribution >= 0.6 is 12.6 Å². The number of amides is 5. The third kappa shape index (κ3) is 11.5. The summed E-state index contributed by atoms with van der Waals surface area (Å²) in [5.41, 5.74) is 15.8. The predicted octanol–water partition coefficient (Wildman–Crippen LogP) is -2.64. The largest absolute Gasteiger partial charge is 0.480 e. The van der Waals surface area contributed by atoms with Crippen LogP contribution in [0.5, 0.6) is 0 Å². The fraction of sp³-hybridized carbons (Fsp3) is 0.684. The van der Waals surface area contributed by atoms with Crippen LogP contribution in [-0.2, 0) is 28.8 Å². The van der Waals surface area contributed by atoms with Gasteiger partial charge in [0.25, 0.3) is 0 Å². The number of carbonyl (C=O) groups is 6. The molecule has 0 radical (unpaired) electrons. The molecule has 33 heavy (non-hydrogen) atoms. The van der Waals surface area contributed by atoms with Crippen LogP contribution in [0.4, 0.5) is 0 Å². The van der Waals surface area contributed by atoms with Crippen molar-refractivity contribution in [2.24, 2.45) is 23.1 Å². The van der Waals surface area contributed by atoms with E-state index in [4.69, 9.17) is 17.2 Å². The normalized spacial score (nSPS) is 15.3. The Bertz CT molecular complexity index is 735. The molecule has 0 saturated carbocycles. The van der Waals surface area contributed by atoms with E-state index < -0.39 is 65.6 Å². The smallest absolute Gasteiger partial charge is 0.326 e. The summed E-state index contributed by atoms with van der Waals surface area (Å²) in [5, 5.41) is 16.5. The van der Waals surface area contributed by atoms with Crippen LogP contribution in [0.1, 0.15) is 46.0 Å². The third-order valence-corrected chi connectivity index (χ3v) is 5.33. The monoisotopic (exact) mass is 490 g/mol. The van der Waals surface area contributed by atoms with Gasteiger partial charge >= 0.3 is 5.97 Å². The van der Waals surface area contributed by atoms with E-state index in [9.17, 15) is 33.9 Å². The first-order valence-corrected chi connectivity index (χ1v) is 11.0. The highest BCUT2D eigenvalue weighted by molar-refractivity contribution is 7.80. The number of rotatable bonds is 16. The van der Waals surface area contributed by atoms with Crippen molar-refractivity contribution in [1.82, 2.24) is 16.0 Å². The van der Waals surface area contributed by atoms with Gasteiger partial charge in [0, 0.05) is 18.6 Å². The van der Waals surface area contributed by atoms with E-state index in [0.29, 0.717) is 6.42 Å². The Morgan fingerprint density at radius 1 is 0.848 bits per heavy atom. The number of hydrogen-bond donors (Lipinski definition) is 8. The molecule has 0 aliphatic rings. The molecule has 0 saturated heterocycles. The average Bonchev–Trinajstić information content (AvgIpc) is 2.75. The molecular weight excluding hydrogens is 456 g/mol. The Hall–Kier alpha value is -2.87. The standard InChI is InChI=1S/C19H34N6O7S/c1-3-9(2)15(18(30)24-12(19(31)32)5-7-14(22)27)25-17(29)11(4-6-13(21)26)23-16(28)10(20)8-33/h9-12,15,33H,3-8,20H2,1-2H3,(H2,21,26)(H2,22,27)(H,23,28)(H,24,30)(H,25,29)(H,31,32). The summed E-state index contributed by atoms with van der Waals surface area (Å²) in [6.45, 7) is 3.43. The zero-order valence-corrected chi connectivity index (χ0v) is 19.6. The Labute approximate surface area is 197 Å². The lowest BCUT2D eigenvalue weighted by atomic mass is 9.96. The lowest BCUT2D eigenvalue weighted by Gasteiger charge is -2.28. The van der Waals surface area contributed by atoms with Crippen LogP contribution in [0.25, 0.3) is 0 Å². The molecule has 0 fully saturated rings. The van der Waals surface area contributed by atoms with Crippen molar-refractivity contribution in [3.63, 3.8) is 0 Å². The van der Waals surface area contributed by atoms with Gasteiger partial charge in [-0.3, -0.25) is 24.0 Å². The lowest BCUT2D eigenvalue weighted by molar-refractivity contribution is -0.143. The molecule has 0 aromatic carbocycles. The van der Waals surface area contributed by atoms with Crippen molar-refractivity contribution >= 4 is 48.1 Å². The average molecular weight is 491 g/mol. The first-order chi connectivity index (χ1) is 15.3. The Morgan fingerprint density at radius 3 is 1.76 bits per heavy atom. The fourth-order valence-electron chi connectivity index (χ4n) is 2.68. The Morgan fingerprint density at radius 2 is 1.33 bits per heavy atom. The van der Waals surface area contributed by atoms with Crippen molar-refractivity contribution in [2.75, 3.05) is 5.75 Å². The van der Waals surface area contributed by atoms with Crippen molar-refractivity contribution in [3.05, 3.63) is 0 Å². The van der Waals surface area contributed by atoms with Gasteiger partial charge in [0.15, 0.2) is 0 Å². The predicted molar refractivity (Wildman–Crippen MR) is 122 cm³/mol. The first-order valence-electron chi connectivity index (χ1n) is 10.4. The number of nitrogens with one attached hydrogen (secondary N) is 3. The van der Waals surface area contributed by atoms with Gasteiger partial charge in [-0.15, -0.1) is 0 Å². The summed E-state index contributed by atoms with van der Waals surface area (Å²) >= 11 is 3.92. The van der Waals surface area contributed by atoms with E-state index in [-0.39, 0.29) is 31.4 Å². The van der Waals surface area contributed by atoms with Crippen molar-refractivity contribution in [1.29, 1.82) is 0 Å². The van der Waals surface area contributed by atoms with E-state index in [1.807, 2.05) is 0 Å². The van der Waals surface area contributed by atoms with Gasteiger partial charge in [-0.2, -0.15) is 12.6 Å². The summed E-state index contributed by atoms with van der Waals surface area (Å²) in [6.07, 6.45) is -0.402. The number of carboxylic acid groups (broad SMARTS) is 1. The fourth-order valence-corrected chi connectivity index (χ4v) is 2.84. The Balaban J connectivity index is 5.57. The highest BCUT2D eigenvalue weighted by Gasteiger charge is 2.32. The van der Waals surface area contributed by atoms with Crippen molar-refractivity contribution in [3.8, 4) is 0 Å². The maximum atomic E-state index is 12.9. The molecule has 0 aliphatic carbocycles. The molecule has 14 heteroatoms. The van der Waals surface area contributed by atoms with Crippen LogP contribution in [0, 0.1) is 5.92 Å². The second kappa shape index (κ2) is 15.1. The molecule has 0 bridgehead atoms. The van der Waals surface area contributed by atoms with Gasteiger partial charge in [0.2, 0.25) is 29.5 Å². The van der Waals surface area contributed by atoms with E-state index in [0.717, 1.165) is 0 Å². The molecule has 13 nitrogen and oxygen atoms in total. The number of hydrogen-bond acceptors (Lipinski definition) is 8. The second-order valence-corrected chi connectivity index (χ2v) is 8.00. The maximum Gasteiger partial charge on any atom is 0.326 e. The third-order valence-electron chi connectivity index (χ3n) is 4.93. The number of thiol groups is 1. The highest BCUT2D eigenvalue weighted by Crippen LogP contribution is 2.11. The minimum absolute atomic E-state index is 0.00969. The molecule has 0 heterocycles. The lowest BCUT2D eigenvalue weighted by Crippen LogP contribution is -2.58. The molecule has 5 atom stereocenters. The molecule has 5 unspecified atom stereocenters. The Kier molecular flexibility index (Phi) is 13.7. The topological polar surface area (TPSA) is 237 Å². The van der Waals surface area contributed by atoms with Gasteiger partial charge < -0.3 is 38.3 Å². The molecule has 0 spiro atoms. The van der Waals surface area contributed by atoms with Crippen molar-refractivity contribution < 1.29 is 33.9 Å². The van der Waals surface area contributed by atoms with Crippen LogP contribution in [0.2, 0.25) is 0 Å². The van der Waals surface area contributed by atoms with Gasteiger partial charge in [0.05, 0.1) is 6.04 Å². The first kappa shape index (κ1) is 30.1. The number of nitrogens with two attached hydrogens (primary N) is 3. The van der Waals surface area contributed by atoms with E-state index in [1.165, 1.54) is 0 Å². The van der Waals surface area contributed by atoms with E-state index >= 15 is 0 Å². The number of primary amides is 2. The molecular formula is C19H34N6O7S. The van der Waals surface area contributed by atoms with Crippen LogP contribution in [0.15, 0.2) is 0 Å². The molecule has 5 amide bonds. The van der Waals surface area contributed by atoms with Crippen LogP contribution in [-0.4, -0.2) is 70.5 Å². The highest BCUT2D eigenvalue weighted by atomic mass is 32.1. The molecule has 0 rings (SSSR count). The van der Waals surface area contributed by atoms with Gasteiger partial charge in [-0.25, -0.2) is 4.79 Å². The quantitative estimate of drug-likeness (QED) is 0.106. The van der Waals surface area contributed by atoms with Crippen LogP contribution in [0.3, 0.4) is 0 Å². The van der Waals surface area contributed by atoms with Crippen molar-refractivity contribution in [2.45, 2.75) is 70.1 Å². The molecule has 0 aromatic rings. The summed E-state index contributed by atoms with van der Waals surface area (Å²) in [5.74, 6) is -5.46. The molecule has 10 N–H and O–H groups in total. The zero-order chi connectivity index (χ0) is 25.7. The molecule has 188 valence electrons. The summed E-state index contributed by atoms with van der Waals surface area (Å²) in [7, 11) is 0. The van der Waals surface area contributed by atoms with E-state index in [1.54, 1.807) is 13.8 Å². The number of carbonyl (C=O) groups excluding carboxylic acids is 5. The summed E-state index contributed by atoms with van der Waals surface area (Å²) < 4.78 is 0. The molecule has 0 aromatic heterocycles. The number of carboxylic acids is 1.